The summed E-state index contributed by atoms with van der Waals surface area (Å²) in [6.45, 7) is 0. The second-order valence-corrected chi connectivity index (χ2v) is 3.08. The zero-order valence-electron chi connectivity index (χ0n) is 6.73. The average Bonchev–Trinajstić information content (AvgIpc) is 2.14. The Morgan fingerprint density at radius 3 is 2.71 bits per heavy atom. The fourth-order valence-corrected chi connectivity index (χ4v) is 1.30. The van der Waals surface area contributed by atoms with Crippen molar-refractivity contribution in [3.05, 3.63) is 44.1 Å². The van der Waals surface area contributed by atoms with E-state index in [0.717, 1.165) is 0 Å². The van der Waals surface area contributed by atoms with E-state index in [1.807, 2.05) is 0 Å². The molecule has 72 valence electrons. The van der Waals surface area contributed by atoms with Crippen LogP contribution in [0.15, 0.2) is 23.0 Å². The van der Waals surface area contributed by atoms with Crippen molar-refractivity contribution in [2.24, 2.45) is 0 Å². The van der Waals surface area contributed by atoms with Crippen LogP contribution in [0.5, 0.6) is 0 Å². The number of nitrogens with one attached hydrogen (secondary N) is 1. The third-order valence-electron chi connectivity index (χ3n) is 1.76. The van der Waals surface area contributed by atoms with Crippen LogP contribution in [0.3, 0.4) is 0 Å². The molecule has 0 bridgehead atoms. The van der Waals surface area contributed by atoms with Crippen molar-refractivity contribution in [3.63, 3.8) is 0 Å². The van der Waals surface area contributed by atoms with Gasteiger partial charge >= 0.3 is 11.2 Å². The highest BCUT2D eigenvalue weighted by atomic mass is 35.5. The van der Waals surface area contributed by atoms with Crippen molar-refractivity contribution in [2.75, 3.05) is 0 Å². The minimum Gasteiger partial charge on any atom is -0.707 e. The molecule has 0 saturated carbocycles. The molecule has 0 saturated heterocycles. The maximum atomic E-state index is 11.2. The number of nitrogens with zero attached hydrogens (tertiary/aromatic N) is 2. The second kappa shape index (κ2) is 2.85. The first-order valence-electron chi connectivity index (χ1n) is 3.64. The van der Waals surface area contributed by atoms with Gasteiger partial charge in [-0.2, -0.15) is 9.52 Å². The van der Waals surface area contributed by atoms with Crippen LogP contribution in [0.2, 0.25) is 5.02 Å². The Morgan fingerprint density at radius 2 is 2.00 bits per heavy atom. The summed E-state index contributed by atoms with van der Waals surface area (Å²) in [5, 5.41) is 24.4. The average molecular weight is 214 g/mol. The molecular weight excluding hydrogens is 210 g/mol. The van der Waals surface area contributed by atoms with Crippen LogP contribution in [0, 0.1) is 10.4 Å². The maximum Gasteiger partial charge on any atom is 0.554 e. The summed E-state index contributed by atoms with van der Waals surface area (Å²) in [7, 11) is 0. The topological polar surface area (TPSA) is 86.7 Å². The Hall–Kier alpha value is -1.82. The van der Waals surface area contributed by atoms with E-state index in [9.17, 15) is 15.2 Å². The zero-order valence-corrected chi connectivity index (χ0v) is 7.49. The second-order valence-electron chi connectivity index (χ2n) is 2.64. The Morgan fingerprint density at radius 1 is 1.29 bits per heavy atom. The van der Waals surface area contributed by atoms with Crippen molar-refractivity contribution in [2.45, 2.75) is 0 Å². The van der Waals surface area contributed by atoms with Crippen molar-refractivity contribution < 1.29 is 9.58 Å². The van der Waals surface area contributed by atoms with Gasteiger partial charge < -0.3 is 10.4 Å². The molecule has 14 heavy (non-hydrogen) atoms. The maximum absolute atomic E-state index is 11.2. The van der Waals surface area contributed by atoms with Gasteiger partial charge in [-0.3, -0.25) is 0 Å². The molecule has 7 heteroatoms. The van der Waals surface area contributed by atoms with Crippen LogP contribution in [-0.2, 0) is 0 Å². The van der Waals surface area contributed by atoms with Crippen LogP contribution < -0.4 is 15.3 Å². The van der Waals surface area contributed by atoms with Gasteiger partial charge in [-0.05, 0) is 12.1 Å². The third kappa shape index (κ3) is 1.16. The Kier molecular flexibility index (Phi) is 1.78. The number of hydrogen-bond donors (Lipinski definition) is 1. The van der Waals surface area contributed by atoms with Crippen molar-refractivity contribution in [3.8, 4) is 0 Å². The molecule has 0 spiro atoms. The van der Waals surface area contributed by atoms with E-state index in [4.69, 9.17) is 11.6 Å². The molecule has 6 nitrogen and oxygen atoms in total. The molecule has 1 heterocycles. The van der Waals surface area contributed by atoms with Crippen LogP contribution >= 0.6 is 11.6 Å². The highest BCUT2D eigenvalue weighted by Crippen LogP contribution is 2.11. The molecule has 1 aromatic heterocycles. The standard InChI is InChI=1S/C7H4ClN3O3/c8-4-1-2-5-6(3-4)11(14)9-7(12)10(5)13/h1-3H,(H,9,12). The van der Waals surface area contributed by atoms with Crippen LogP contribution in [0.4, 0.5) is 0 Å². The van der Waals surface area contributed by atoms with E-state index in [1.54, 1.807) is 5.10 Å². The predicted octanol–water partition coefficient (Wildman–Crippen LogP) is -0.552. The van der Waals surface area contributed by atoms with Crippen molar-refractivity contribution in [1.29, 1.82) is 0 Å². The highest BCUT2D eigenvalue weighted by molar-refractivity contribution is 6.31. The summed E-state index contributed by atoms with van der Waals surface area (Å²) in [6.07, 6.45) is 0. The quantitative estimate of drug-likeness (QED) is 0.470. The first-order chi connectivity index (χ1) is 6.59. The third-order valence-corrected chi connectivity index (χ3v) is 1.99. The van der Waals surface area contributed by atoms with Crippen molar-refractivity contribution >= 4 is 22.6 Å². The fraction of sp³-hybridized carbons (Fsp3) is 0. The SMILES string of the molecule is O=c1[nH][n+]([O-])c2cc(Cl)ccc2[n+]1[O-]. The molecule has 0 amide bonds. The molecule has 0 atom stereocenters. The lowest BCUT2D eigenvalue weighted by Crippen LogP contribution is -2.55. The van der Waals surface area contributed by atoms with Gasteiger partial charge in [-0.1, -0.05) is 11.6 Å². The van der Waals surface area contributed by atoms with Gasteiger partial charge in [0.15, 0.2) is 0 Å². The van der Waals surface area contributed by atoms with Gasteiger partial charge in [0, 0.05) is 21.0 Å². The van der Waals surface area contributed by atoms with Crippen LogP contribution in [0.1, 0.15) is 0 Å². The van der Waals surface area contributed by atoms with E-state index >= 15 is 0 Å². The molecule has 0 aliphatic carbocycles. The Labute approximate surface area is 82.1 Å². The van der Waals surface area contributed by atoms with Crippen LogP contribution in [0.25, 0.3) is 11.0 Å². The molecule has 2 aromatic rings. The lowest BCUT2D eigenvalue weighted by atomic mass is 10.3. The number of halogens is 1. The van der Waals surface area contributed by atoms with E-state index < -0.39 is 5.69 Å². The number of aromatic nitrogens is 3. The molecule has 0 unspecified atom stereocenters. The largest absolute Gasteiger partial charge is 0.707 e. The summed E-state index contributed by atoms with van der Waals surface area (Å²) in [4.78, 5) is 11.1. The first kappa shape index (κ1) is 8.76. The van der Waals surface area contributed by atoms with Gasteiger partial charge in [0.2, 0.25) is 5.52 Å². The smallest absolute Gasteiger partial charge is 0.554 e. The Bertz CT molecular complexity index is 566. The molecule has 0 aliphatic rings. The number of hydrogen-bond acceptors (Lipinski definition) is 3. The van der Waals surface area contributed by atoms with E-state index in [-0.39, 0.29) is 20.6 Å². The number of rotatable bonds is 0. The normalized spacial score (nSPS) is 10.6. The monoisotopic (exact) mass is 213 g/mol. The van der Waals surface area contributed by atoms with E-state index in [1.165, 1.54) is 18.2 Å². The lowest BCUT2D eigenvalue weighted by molar-refractivity contribution is -0.689. The highest BCUT2D eigenvalue weighted by Gasteiger charge is 2.14. The van der Waals surface area contributed by atoms with Gasteiger partial charge in [0.1, 0.15) is 0 Å². The number of H-pyrrole nitrogens is 1. The van der Waals surface area contributed by atoms with E-state index in [0.29, 0.717) is 5.02 Å². The first-order valence-corrected chi connectivity index (χ1v) is 4.02. The molecule has 1 aromatic carbocycles. The van der Waals surface area contributed by atoms with Gasteiger partial charge in [0.05, 0.1) is 0 Å². The zero-order chi connectivity index (χ0) is 10.3. The minimum atomic E-state index is -1.02. The van der Waals surface area contributed by atoms with Crippen LogP contribution in [-0.4, -0.2) is 5.10 Å². The molecule has 1 N–H and O–H groups in total. The summed E-state index contributed by atoms with van der Waals surface area (Å²) in [6, 6.07) is 4.04. The minimum absolute atomic E-state index is 0.0202. The fourth-order valence-electron chi connectivity index (χ4n) is 1.13. The molecule has 2 rings (SSSR count). The Balaban J connectivity index is 3.02. The van der Waals surface area contributed by atoms with E-state index in [2.05, 4.69) is 0 Å². The predicted molar refractivity (Wildman–Crippen MR) is 47.5 cm³/mol. The molecule has 0 radical (unpaired) electrons. The lowest BCUT2D eigenvalue weighted by Gasteiger charge is -2.02. The van der Waals surface area contributed by atoms with Gasteiger partial charge in [-0.25, -0.2) is 0 Å². The molecule has 0 aliphatic heterocycles. The number of aromatic amines is 1. The number of fused-ring (bicyclic) bond motifs is 1. The van der Waals surface area contributed by atoms with Gasteiger partial charge in [0.25, 0.3) is 0 Å². The number of benzene rings is 1. The summed E-state index contributed by atoms with van der Waals surface area (Å²) in [5.41, 5.74) is -1.02. The molecular formula is C7H4ClN3O3. The molecule has 0 fully saturated rings. The summed E-state index contributed by atoms with van der Waals surface area (Å²) < 4.78 is 0.0973. The van der Waals surface area contributed by atoms with Gasteiger partial charge in [-0.15, -0.1) is 0 Å². The summed E-state index contributed by atoms with van der Waals surface area (Å²) in [5.74, 6) is 0. The summed E-state index contributed by atoms with van der Waals surface area (Å²) >= 11 is 5.63. The van der Waals surface area contributed by atoms with Crippen molar-refractivity contribution in [1.82, 2.24) is 5.10 Å².